The summed E-state index contributed by atoms with van der Waals surface area (Å²) >= 11 is 1.39. The summed E-state index contributed by atoms with van der Waals surface area (Å²) < 4.78 is 0. The van der Waals surface area contributed by atoms with Crippen LogP contribution in [0.1, 0.15) is 60.6 Å². The third-order valence-electron chi connectivity index (χ3n) is 6.00. The molecule has 2 aliphatic rings. The number of hydrogen-bond donors (Lipinski definition) is 1. The number of piperidine rings is 1. The minimum absolute atomic E-state index is 0.0552. The minimum atomic E-state index is -0.170. The molecule has 2 fully saturated rings. The van der Waals surface area contributed by atoms with Crippen LogP contribution in [0.4, 0.5) is 10.8 Å². The number of likely N-dealkylation sites (tertiary alicyclic amines) is 1. The summed E-state index contributed by atoms with van der Waals surface area (Å²) in [5, 5.41) is 5.41. The van der Waals surface area contributed by atoms with Gasteiger partial charge in [0.1, 0.15) is 0 Å². The maximum atomic E-state index is 12.9. The summed E-state index contributed by atoms with van der Waals surface area (Å²) in [7, 11) is 0. The zero-order valence-electron chi connectivity index (χ0n) is 18.0. The summed E-state index contributed by atoms with van der Waals surface area (Å²) in [5.41, 5.74) is 2.85. The Kier molecular flexibility index (Phi) is 6.36. The summed E-state index contributed by atoms with van der Waals surface area (Å²) in [6.07, 6.45) is 4.82. The van der Waals surface area contributed by atoms with Gasteiger partial charge in [-0.3, -0.25) is 19.3 Å². The molecule has 3 heterocycles. The number of benzene rings is 1. The maximum absolute atomic E-state index is 12.9. The maximum Gasteiger partial charge on any atom is 0.254 e. The second-order valence-electron chi connectivity index (χ2n) is 8.37. The van der Waals surface area contributed by atoms with Gasteiger partial charge in [-0.1, -0.05) is 0 Å². The Morgan fingerprint density at radius 1 is 1.23 bits per heavy atom. The molecule has 0 aliphatic carbocycles. The fourth-order valence-corrected chi connectivity index (χ4v) is 5.08. The van der Waals surface area contributed by atoms with Crippen LogP contribution in [0.2, 0.25) is 0 Å². The van der Waals surface area contributed by atoms with Crippen LogP contribution in [0.15, 0.2) is 23.6 Å². The quantitative estimate of drug-likeness (QED) is 0.767. The lowest BCUT2D eigenvalue weighted by Crippen LogP contribution is -2.42. The molecule has 164 valence electrons. The molecule has 1 N–H and O–H groups in total. The van der Waals surface area contributed by atoms with Gasteiger partial charge in [-0.15, -0.1) is 11.3 Å². The second-order valence-corrected chi connectivity index (χ2v) is 9.20. The number of thiazole rings is 1. The fraction of sp³-hybridized carbons (Fsp3) is 0.478. The number of nitrogens with zero attached hydrogens (tertiary/aromatic N) is 3. The zero-order chi connectivity index (χ0) is 22.0. The molecule has 0 bridgehead atoms. The van der Waals surface area contributed by atoms with Gasteiger partial charge < -0.3 is 10.2 Å². The number of aryl methyl sites for hydroxylation is 1. The Balaban J connectivity index is 1.38. The van der Waals surface area contributed by atoms with E-state index in [0.717, 1.165) is 31.4 Å². The van der Waals surface area contributed by atoms with E-state index in [-0.39, 0.29) is 30.2 Å². The fourth-order valence-electron chi connectivity index (χ4n) is 4.21. The molecule has 2 saturated heterocycles. The van der Waals surface area contributed by atoms with Crippen molar-refractivity contribution < 1.29 is 14.4 Å². The highest BCUT2D eigenvalue weighted by Crippen LogP contribution is 2.26. The van der Waals surface area contributed by atoms with Crippen molar-refractivity contribution in [2.45, 2.75) is 58.4 Å². The van der Waals surface area contributed by atoms with E-state index < -0.39 is 0 Å². The number of nitrogens with one attached hydrogen (secondary N) is 1. The molecular formula is C23H28N4O3S. The molecule has 4 rings (SSSR count). The van der Waals surface area contributed by atoms with E-state index in [1.165, 1.54) is 17.8 Å². The van der Waals surface area contributed by atoms with Crippen LogP contribution in [-0.2, 0) is 16.0 Å². The number of amides is 3. The molecule has 2 aliphatic heterocycles. The molecule has 7 nitrogen and oxygen atoms in total. The first-order valence-electron chi connectivity index (χ1n) is 10.9. The van der Waals surface area contributed by atoms with Crippen molar-refractivity contribution in [2.75, 3.05) is 23.3 Å². The molecule has 3 amide bonds. The highest BCUT2D eigenvalue weighted by Gasteiger charge is 2.25. The molecule has 1 atom stereocenters. The summed E-state index contributed by atoms with van der Waals surface area (Å²) in [5.74, 6) is -0.0226. The van der Waals surface area contributed by atoms with Crippen LogP contribution in [-0.4, -0.2) is 46.7 Å². The largest absolute Gasteiger partial charge is 0.336 e. The topological polar surface area (TPSA) is 82.6 Å². The van der Waals surface area contributed by atoms with E-state index in [1.807, 2.05) is 23.3 Å². The number of carbonyl (C=O) groups is 3. The highest BCUT2D eigenvalue weighted by atomic mass is 32.1. The van der Waals surface area contributed by atoms with Gasteiger partial charge in [-0.05, 0) is 63.3 Å². The van der Waals surface area contributed by atoms with Crippen molar-refractivity contribution in [2.24, 2.45) is 0 Å². The molecule has 0 radical (unpaired) electrons. The van der Waals surface area contributed by atoms with Gasteiger partial charge in [0.2, 0.25) is 11.8 Å². The smallest absolute Gasteiger partial charge is 0.254 e. The average molecular weight is 441 g/mol. The summed E-state index contributed by atoms with van der Waals surface area (Å²) in [4.78, 5) is 45.4. The van der Waals surface area contributed by atoms with Crippen molar-refractivity contribution in [3.05, 3.63) is 40.4 Å². The van der Waals surface area contributed by atoms with E-state index in [9.17, 15) is 14.4 Å². The molecule has 0 saturated carbocycles. The lowest BCUT2D eigenvalue weighted by atomic mass is 10.0. The van der Waals surface area contributed by atoms with E-state index in [0.29, 0.717) is 35.0 Å². The number of aromatic nitrogens is 1. The Morgan fingerprint density at radius 2 is 2.06 bits per heavy atom. The second kappa shape index (κ2) is 9.18. The van der Waals surface area contributed by atoms with Crippen molar-refractivity contribution in [1.29, 1.82) is 0 Å². The van der Waals surface area contributed by atoms with Crippen molar-refractivity contribution >= 4 is 39.9 Å². The number of rotatable bonds is 5. The van der Waals surface area contributed by atoms with Gasteiger partial charge in [0.25, 0.3) is 5.91 Å². The lowest BCUT2D eigenvalue weighted by molar-refractivity contribution is -0.117. The molecule has 1 aromatic heterocycles. The van der Waals surface area contributed by atoms with E-state index in [1.54, 1.807) is 17.0 Å². The van der Waals surface area contributed by atoms with Crippen LogP contribution in [0.25, 0.3) is 0 Å². The van der Waals surface area contributed by atoms with Gasteiger partial charge in [0.05, 0.1) is 12.1 Å². The van der Waals surface area contributed by atoms with Crippen LogP contribution in [0.3, 0.4) is 0 Å². The van der Waals surface area contributed by atoms with Crippen LogP contribution < -0.4 is 10.2 Å². The Hall–Kier alpha value is -2.74. The van der Waals surface area contributed by atoms with Crippen molar-refractivity contribution in [3.63, 3.8) is 0 Å². The van der Waals surface area contributed by atoms with Gasteiger partial charge in [0, 0.05) is 42.2 Å². The van der Waals surface area contributed by atoms with Crippen molar-refractivity contribution in [3.8, 4) is 0 Å². The first kappa shape index (κ1) is 21.5. The zero-order valence-corrected chi connectivity index (χ0v) is 18.8. The SMILES string of the molecule is Cc1cc(C(=O)N2CCCCC2C)ccc1NC(=O)Cc1csc(N2CCCC2=O)n1. The Bertz CT molecular complexity index is 1000. The normalized spacial score (nSPS) is 19.0. The van der Waals surface area contributed by atoms with E-state index in [2.05, 4.69) is 17.2 Å². The highest BCUT2D eigenvalue weighted by molar-refractivity contribution is 7.14. The first-order chi connectivity index (χ1) is 14.9. The van der Waals surface area contributed by atoms with Gasteiger partial charge in [-0.2, -0.15) is 0 Å². The Labute approximate surface area is 186 Å². The molecule has 0 spiro atoms. The number of anilines is 2. The summed E-state index contributed by atoms with van der Waals surface area (Å²) in [6.45, 7) is 5.49. The third-order valence-corrected chi connectivity index (χ3v) is 6.91. The predicted molar refractivity (Wildman–Crippen MR) is 122 cm³/mol. The first-order valence-corrected chi connectivity index (χ1v) is 11.8. The van der Waals surface area contributed by atoms with Crippen LogP contribution >= 0.6 is 11.3 Å². The number of hydrogen-bond acceptors (Lipinski definition) is 5. The molecule has 1 unspecified atom stereocenters. The van der Waals surface area contributed by atoms with Crippen LogP contribution in [0.5, 0.6) is 0 Å². The molecule has 2 aromatic rings. The monoisotopic (exact) mass is 440 g/mol. The molecule has 31 heavy (non-hydrogen) atoms. The van der Waals surface area contributed by atoms with Crippen LogP contribution in [0, 0.1) is 6.92 Å². The van der Waals surface area contributed by atoms with E-state index >= 15 is 0 Å². The molecule has 1 aromatic carbocycles. The average Bonchev–Trinajstić information content (AvgIpc) is 3.38. The Morgan fingerprint density at radius 3 is 2.77 bits per heavy atom. The minimum Gasteiger partial charge on any atom is -0.336 e. The van der Waals surface area contributed by atoms with E-state index in [4.69, 9.17) is 0 Å². The molecular weight excluding hydrogens is 412 g/mol. The summed E-state index contributed by atoms with van der Waals surface area (Å²) in [6, 6.07) is 5.69. The van der Waals surface area contributed by atoms with Gasteiger partial charge in [0.15, 0.2) is 5.13 Å². The third kappa shape index (κ3) is 4.79. The van der Waals surface area contributed by atoms with Gasteiger partial charge in [-0.25, -0.2) is 4.98 Å². The number of carbonyl (C=O) groups excluding carboxylic acids is 3. The predicted octanol–water partition coefficient (Wildman–Crippen LogP) is 3.77. The lowest BCUT2D eigenvalue weighted by Gasteiger charge is -2.33. The molecule has 8 heteroatoms. The standard InChI is InChI=1S/C23H28N4O3S/c1-15-12-17(22(30)26-10-4-3-6-16(26)2)8-9-19(15)25-20(28)13-18-14-31-23(24-18)27-11-5-7-21(27)29/h8-9,12,14,16H,3-7,10-11,13H2,1-2H3,(H,25,28). The van der Waals surface area contributed by atoms with Gasteiger partial charge >= 0.3 is 0 Å². The van der Waals surface area contributed by atoms with Crippen molar-refractivity contribution in [1.82, 2.24) is 9.88 Å².